The van der Waals surface area contributed by atoms with E-state index in [4.69, 9.17) is 28.7 Å². The molecule has 4 aromatic rings. The lowest BCUT2D eigenvalue weighted by Crippen LogP contribution is -2.60. The molecule has 1 heterocycles. The maximum atomic E-state index is 14.7. The number of nitrogens with zero attached hydrogens (tertiary/aromatic N) is 1. The fourth-order valence-corrected chi connectivity index (χ4v) is 8.97. The number of carbonyl (C=O) groups is 9. The van der Waals surface area contributed by atoms with Crippen molar-refractivity contribution >= 4 is 69.9 Å². The minimum Gasteiger partial charge on any atom is -0.508 e. The molecule has 1 saturated heterocycles. The highest BCUT2D eigenvalue weighted by molar-refractivity contribution is 5.98. The van der Waals surface area contributed by atoms with Crippen LogP contribution < -0.4 is 71.2 Å². The molecule has 5 rings (SSSR count). The summed E-state index contributed by atoms with van der Waals surface area (Å²) < 4.78 is 0. The molecule has 1 unspecified atom stereocenters. The second-order valence-electron chi connectivity index (χ2n) is 19.7. The van der Waals surface area contributed by atoms with Gasteiger partial charge in [-0.25, -0.2) is 0 Å². The van der Waals surface area contributed by atoms with E-state index in [1.165, 1.54) is 12.1 Å². The number of aliphatic imine (C=N–C) groups is 1. The summed E-state index contributed by atoms with van der Waals surface area (Å²) in [5.41, 5.74) is 30.1. The number of aromatic hydroxyl groups is 1. The van der Waals surface area contributed by atoms with Crippen LogP contribution in [0, 0.1) is 0 Å². The van der Waals surface area contributed by atoms with Crippen LogP contribution in [0.25, 0.3) is 10.8 Å². The molecule has 19 N–H and O–H groups in total. The summed E-state index contributed by atoms with van der Waals surface area (Å²) in [5, 5.41) is 33.3. The lowest BCUT2D eigenvalue weighted by molar-refractivity contribution is -0.135. The molecule has 4 aromatic carbocycles. The van der Waals surface area contributed by atoms with Crippen LogP contribution in [0.4, 0.5) is 0 Å². The first kappa shape index (κ1) is 62.2. The van der Waals surface area contributed by atoms with Gasteiger partial charge in [0.15, 0.2) is 5.96 Å². The third kappa shape index (κ3) is 21.0. The molecular weight excluding hydrogens is 1030 g/mol. The van der Waals surface area contributed by atoms with E-state index in [0.717, 1.165) is 10.8 Å². The summed E-state index contributed by atoms with van der Waals surface area (Å²) in [4.78, 5) is 131. The summed E-state index contributed by atoms with van der Waals surface area (Å²) in [6.07, 6.45) is 0.814. The molecule has 9 amide bonds. The second kappa shape index (κ2) is 32.3. The molecule has 0 spiro atoms. The van der Waals surface area contributed by atoms with Crippen molar-refractivity contribution in [1.29, 1.82) is 0 Å². The first-order valence-corrected chi connectivity index (χ1v) is 26.9. The average molecular weight is 1110 g/mol. The van der Waals surface area contributed by atoms with Crippen molar-refractivity contribution in [2.45, 2.75) is 126 Å². The molecule has 1 aliphatic heterocycles. The fourth-order valence-electron chi connectivity index (χ4n) is 8.97. The summed E-state index contributed by atoms with van der Waals surface area (Å²) in [5.74, 6) is -7.69. The van der Waals surface area contributed by atoms with Crippen molar-refractivity contribution in [3.63, 3.8) is 0 Å². The van der Waals surface area contributed by atoms with E-state index in [9.17, 15) is 48.3 Å². The van der Waals surface area contributed by atoms with Crippen molar-refractivity contribution in [1.82, 2.24) is 42.5 Å². The minimum atomic E-state index is -1.50. The SMILES string of the molecule is NCCCC[C@H](NC(=O)[C@H]1CCC(=O)N[C@@H](Cc2ccccc2)C(=O)NC(Cc2ccc(O)cc2)C(=O)N[C@@H](CCCCN)C(=O)N[C@H](CCCN=C(N)N)C(=O)N[C@@H](Cc2ccc3ccccc3c2)C(=O)NCC(=O)N1)C(N)=O. The minimum absolute atomic E-state index is 0.0369. The van der Waals surface area contributed by atoms with Crippen molar-refractivity contribution in [3.05, 3.63) is 114 Å². The van der Waals surface area contributed by atoms with Crippen molar-refractivity contribution in [3.8, 4) is 5.75 Å². The van der Waals surface area contributed by atoms with Crippen LogP contribution in [0.2, 0.25) is 0 Å². The van der Waals surface area contributed by atoms with Gasteiger partial charge in [-0.2, -0.15) is 0 Å². The van der Waals surface area contributed by atoms with Crippen LogP contribution in [0.1, 0.15) is 80.9 Å². The molecule has 24 heteroatoms. The molecule has 1 fully saturated rings. The largest absolute Gasteiger partial charge is 0.508 e. The topological polar surface area (TPSA) is 413 Å². The Morgan fingerprint density at radius 3 is 1.71 bits per heavy atom. The van der Waals surface area contributed by atoms with Gasteiger partial charge in [-0.1, -0.05) is 84.9 Å². The van der Waals surface area contributed by atoms with Crippen LogP contribution in [-0.4, -0.2) is 133 Å². The Labute approximate surface area is 464 Å². The van der Waals surface area contributed by atoms with Gasteiger partial charge < -0.3 is 76.3 Å². The smallest absolute Gasteiger partial charge is 0.243 e. The van der Waals surface area contributed by atoms with E-state index in [2.05, 4.69) is 47.5 Å². The highest BCUT2D eigenvalue weighted by Crippen LogP contribution is 2.18. The zero-order valence-corrected chi connectivity index (χ0v) is 44.8. The van der Waals surface area contributed by atoms with Gasteiger partial charge in [0.05, 0.1) is 6.54 Å². The molecule has 7 atom stereocenters. The van der Waals surface area contributed by atoms with Crippen molar-refractivity contribution < 1.29 is 48.3 Å². The van der Waals surface area contributed by atoms with E-state index >= 15 is 0 Å². The van der Waals surface area contributed by atoms with Gasteiger partial charge in [-0.3, -0.25) is 48.1 Å². The van der Waals surface area contributed by atoms with E-state index in [1.54, 1.807) is 48.5 Å². The number of fused-ring (bicyclic) bond motifs is 1. The standard InChI is InChI=1S/C56H76N14O10/c57-26-8-6-15-40(49(59)74)66-53(78)43-24-25-47(72)65-45(30-34-11-2-1-3-12-34)54(79)70-46(31-35-19-22-39(71)23-20-35)55(80)68-41(16-7-9-27-58)51(76)67-42(17-10-28-62-56(60)61)52(77)69-44(50(75)63-33-48(73)64-43)32-36-18-21-37-13-4-5-14-38(37)29-36/h1-5,11-14,18-23,29,40-46,71H,6-10,15-17,24-28,30-33,57-58H2,(H2,59,74)(H,63,75)(H,64,73)(H,65,72)(H,66,78)(H,67,76)(H,68,80)(H,69,77)(H,70,79)(H4,60,61,62)/t40-,41-,42+,43+,44-,45-,46?/m0/s1. The van der Waals surface area contributed by atoms with Gasteiger partial charge >= 0.3 is 0 Å². The molecule has 0 bridgehead atoms. The predicted octanol–water partition coefficient (Wildman–Crippen LogP) is -1.33. The highest BCUT2D eigenvalue weighted by atomic mass is 16.3. The average Bonchev–Trinajstić information content (AvgIpc) is 3.43. The number of benzene rings is 4. The quantitative estimate of drug-likeness (QED) is 0.0262. The van der Waals surface area contributed by atoms with Crippen molar-refractivity contribution in [2.75, 3.05) is 26.2 Å². The van der Waals surface area contributed by atoms with Gasteiger partial charge in [0.25, 0.3) is 0 Å². The molecule has 0 aliphatic carbocycles. The van der Waals surface area contributed by atoms with E-state index in [1.807, 2.05) is 36.4 Å². The zero-order chi connectivity index (χ0) is 58.0. The number of hydrogen-bond acceptors (Lipinski definition) is 13. The number of phenolic OH excluding ortho intramolecular Hbond substituents is 1. The molecular formula is C56H76N14O10. The van der Waals surface area contributed by atoms with Crippen LogP contribution in [0.5, 0.6) is 5.75 Å². The molecule has 430 valence electrons. The van der Waals surface area contributed by atoms with E-state index in [0.29, 0.717) is 48.9 Å². The number of phenols is 1. The number of carbonyl (C=O) groups excluding carboxylic acids is 9. The van der Waals surface area contributed by atoms with Crippen LogP contribution in [0.15, 0.2) is 102 Å². The first-order valence-electron chi connectivity index (χ1n) is 26.9. The number of guanidine groups is 1. The Balaban J connectivity index is 1.58. The van der Waals surface area contributed by atoms with Crippen LogP contribution in [-0.2, 0) is 62.4 Å². The maximum Gasteiger partial charge on any atom is 0.243 e. The number of amides is 9. The van der Waals surface area contributed by atoms with Gasteiger partial charge in [0.2, 0.25) is 53.2 Å². The number of rotatable bonds is 21. The summed E-state index contributed by atoms with van der Waals surface area (Å²) in [6, 6.07) is 18.0. The van der Waals surface area contributed by atoms with Gasteiger partial charge in [-0.05, 0) is 110 Å². The third-order valence-electron chi connectivity index (χ3n) is 13.3. The van der Waals surface area contributed by atoms with Crippen LogP contribution >= 0.6 is 0 Å². The highest BCUT2D eigenvalue weighted by Gasteiger charge is 2.34. The Morgan fingerprint density at radius 2 is 1.09 bits per heavy atom. The summed E-state index contributed by atoms with van der Waals surface area (Å²) >= 11 is 0. The zero-order valence-electron chi connectivity index (χ0n) is 44.8. The van der Waals surface area contributed by atoms with Gasteiger partial charge in [0, 0.05) is 32.2 Å². The molecule has 80 heavy (non-hydrogen) atoms. The van der Waals surface area contributed by atoms with E-state index in [-0.39, 0.29) is 76.2 Å². The number of hydrogen-bond donors (Lipinski definition) is 14. The monoisotopic (exact) mass is 1100 g/mol. The molecule has 24 nitrogen and oxygen atoms in total. The number of nitrogens with one attached hydrogen (secondary N) is 8. The first-order chi connectivity index (χ1) is 38.4. The molecule has 0 saturated carbocycles. The normalized spacial score (nSPS) is 20.6. The maximum absolute atomic E-state index is 14.7. The van der Waals surface area contributed by atoms with Crippen LogP contribution in [0.3, 0.4) is 0 Å². The number of unbranched alkanes of at least 4 members (excludes halogenated alkanes) is 2. The van der Waals surface area contributed by atoms with Gasteiger partial charge in [0.1, 0.15) is 48.0 Å². The lowest BCUT2D eigenvalue weighted by atomic mass is 10.00. The Bertz CT molecular complexity index is 2780. The Hall–Kier alpha value is -8.64. The Morgan fingerprint density at radius 1 is 0.562 bits per heavy atom. The number of nitrogens with two attached hydrogens (primary N) is 5. The fraction of sp³-hybridized carbons (Fsp3) is 0.429. The van der Waals surface area contributed by atoms with Gasteiger partial charge in [-0.15, -0.1) is 0 Å². The summed E-state index contributed by atoms with van der Waals surface area (Å²) in [6.45, 7) is -0.110. The Kier molecular flexibility index (Phi) is 25.1. The van der Waals surface area contributed by atoms with E-state index < -0.39 is 108 Å². The predicted molar refractivity (Wildman–Crippen MR) is 300 cm³/mol. The molecule has 0 radical (unpaired) electrons. The molecule has 0 aromatic heterocycles. The number of primary amides is 1. The third-order valence-corrected chi connectivity index (χ3v) is 13.3. The van der Waals surface area contributed by atoms with Crippen molar-refractivity contribution in [2.24, 2.45) is 33.7 Å². The molecule has 1 aliphatic rings. The summed E-state index contributed by atoms with van der Waals surface area (Å²) in [7, 11) is 0. The lowest BCUT2D eigenvalue weighted by Gasteiger charge is -2.27. The second-order valence-corrected chi connectivity index (χ2v) is 19.7.